The minimum Gasteiger partial charge on any atom is -0.456 e. The van der Waals surface area contributed by atoms with Crippen LogP contribution in [-0.2, 0) is 0 Å². The Labute approximate surface area is 97.9 Å². The molecule has 0 aliphatic heterocycles. The summed E-state index contributed by atoms with van der Waals surface area (Å²) in [6, 6.07) is 12.3. The minimum absolute atomic E-state index is 0.360. The van der Waals surface area contributed by atoms with Crippen molar-refractivity contribution >= 4 is 11.6 Å². The molecule has 0 bridgehead atoms. The van der Waals surface area contributed by atoms with Gasteiger partial charge in [-0.3, -0.25) is 0 Å². The zero-order valence-electron chi connectivity index (χ0n) is 8.22. The molecule has 0 amide bonds. The number of nitrogens with zero attached hydrogens (tertiary/aromatic N) is 2. The molecular weight excluding hydrogens is 224 g/mol. The number of benzene rings is 1. The molecule has 0 atom stereocenters. The fourth-order valence-electron chi connectivity index (χ4n) is 1.17. The highest BCUT2D eigenvalue weighted by Gasteiger charge is 1.99. The Morgan fingerprint density at radius 1 is 1.19 bits per heavy atom. The van der Waals surface area contributed by atoms with Gasteiger partial charge in [0.25, 0.3) is 0 Å². The fraction of sp³-hybridized carbons (Fsp3) is 0. The standard InChI is InChI=1S/C12H7ClN2O/c13-9-2-1-3-11(6-9)16-12-5-4-10(7-14)15-8-12/h1-6,8H. The van der Waals surface area contributed by atoms with Crippen LogP contribution in [0.1, 0.15) is 5.69 Å². The van der Waals surface area contributed by atoms with E-state index in [1.54, 1.807) is 36.4 Å². The quantitative estimate of drug-likeness (QED) is 0.794. The van der Waals surface area contributed by atoms with Crippen LogP contribution in [0.15, 0.2) is 42.6 Å². The van der Waals surface area contributed by atoms with Gasteiger partial charge in [0.05, 0.1) is 6.20 Å². The van der Waals surface area contributed by atoms with Crippen LogP contribution in [0, 0.1) is 11.3 Å². The molecule has 3 nitrogen and oxygen atoms in total. The average Bonchev–Trinajstić information content (AvgIpc) is 2.30. The third-order valence-electron chi connectivity index (χ3n) is 1.88. The Bertz CT molecular complexity index is 531. The van der Waals surface area contributed by atoms with Crippen molar-refractivity contribution in [2.24, 2.45) is 0 Å². The smallest absolute Gasteiger partial charge is 0.145 e. The number of rotatable bonds is 2. The van der Waals surface area contributed by atoms with Crippen LogP contribution in [0.4, 0.5) is 0 Å². The average molecular weight is 231 g/mol. The predicted octanol–water partition coefficient (Wildman–Crippen LogP) is 3.40. The maximum absolute atomic E-state index is 8.58. The van der Waals surface area contributed by atoms with Crippen LogP contribution < -0.4 is 4.74 Å². The van der Waals surface area contributed by atoms with Crippen LogP contribution in [0.2, 0.25) is 5.02 Å². The molecule has 0 aliphatic rings. The summed E-state index contributed by atoms with van der Waals surface area (Å²) in [6.45, 7) is 0. The number of nitriles is 1. The molecule has 0 unspecified atom stereocenters. The third-order valence-corrected chi connectivity index (χ3v) is 2.12. The van der Waals surface area contributed by atoms with Crippen molar-refractivity contribution in [2.75, 3.05) is 0 Å². The number of pyridine rings is 1. The highest BCUT2D eigenvalue weighted by molar-refractivity contribution is 6.30. The fourth-order valence-corrected chi connectivity index (χ4v) is 1.35. The van der Waals surface area contributed by atoms with Crippen LogP contribution in [0.5, 0.6) is 11.5 Å². The molecule has 0 radical (unpaired) electrons. The summed E-state index contributed by atoms with van der Waals surface area (Å²) in [5.74, 6) is 1.21. The van der Waals surface area contributed by atoms with Gasteiger partial charge in [-0.15, -0.1) is 0 Å². The van der Waals surface area contributed by atoms with Crippen molar-refractivity contribution in [2.45, 2.75) is 0 Å². The summed E-state index contributed by atoms with van der Waals surface area (Å²) in [5.41, 5.74) is 0.360. The molecule has 0 spiro atoms. The summed E-state index contributed by atoms with van der Waals surface area (Å²) >= 11 is 5.82. The van der Waals surface area contributed by atoms with Crippen molar-refractivity contribution in [1.82, 2.24) is 4.98 Å². The molecule has 0 saturated heterocycles. The van der Waals surface area contributed by atoms with Gasteiger partial charge < -0.3 is 4.74 Å². The lowest BCUT2D eigenvalue weighted by atomic mass is 10.3. The number of halogens is 1. The number of hydrogen-bond donors (Lipinski definition) is 0. The van der Waals surface area contributed by atoms with Crippen LogP contribution in [-0.4, -0.2) is 4.98 Å². The van der Waals surface area contributed by atoms with Gasteiger partial charge >= 0.3 is 0 Å². The van der Waals surface area contributed by atoms with Crippen molar-refractivity contribution < 1.29 is 4.74 Å². The van der Waals surface area contributed by atoms with Gasteiger partial charge in [0.15, 0.2) is 0 Å². The van der Waals surface area contributed by atoms with Gasteiger partial charge in [0.1, 0.15) is 23.3 Å². The van der Waals surface area contributed by atoms with Crippen molar-refractivity contribution in [3.63, 3.8) is 0 Å². The molecule has 0 N–H and O–H groups in total. The summed E-state index contributed by atoms with van der Waals surface area (Å²) in [5, 5.41) is 9.19. The first kappa shape index (κ1) is 10.5. The summed E-state index contributed by atoms with van der Waals surface area (Å²) in [7, 11) is 0. The number of hydrogen-bond acceptors (Lipinski definition) is 3. The summed E-state index contributed by atoms with van der Waals surface area (Å²) in [6.07, 6.45) is 1.50. The van der Waals surface area contributed by atoms with Crippen LogP contribution >= 0.6 is 11.6 Å². The number of ether oxygens (including phenoxy) is 1. The maximum atomic E-state index is 8.58. The SMILES string of the molecule is N#Cc1ccc(Oc2cccc(Cl)c2)cn1. The Balaban J connectivity index is 2.18. The molecule has 4 heteroatoms. The van der Waals surface area contributed by atoms with Crippen LogP contribution in [0.3, 0.4) is 0 Å². The van der Waals surface area contributed by atoms with E-state index in [1.807, 2.05) is 6.07 Å². The molecule has 2 aromatic rings. The molecule has 1 heterocycles. The maximum Gasteiger partial charge on any atom is 0.145 e. The first-order valence-electron chi connectivity index (χ1n) is 4.57. The number of aromatic nitrogens is 1. The first-order valence-corrected chi connectivity index (χ1v) is 4.95. The monoisotopic (exact) mass is 230 g/mol. The van der Waals surface area contributed by atoms with Crippen molar-refractivity contribution in [3.05, 3.63) is 53.3 Å². The van der Waals surface area contributed by atoms with Crippen molar-refractivity contribution in [1.29, 1.82) is 5.26 Å². The topological polar surface area (TPSA) is 45.9 Å². The highest BCUT2D eigenvalue weighted by Crippen LogP contribution is 2.23. The molecule has 16 heavy (non-hydrogen) atoms. The van der Waals surface area contributed by atoms with Crippen molar-refractivity contribution in [3.8, 4) is 17.6 Å². The van der Waals surface area contributed by atoms with E-state index >= 15 is 0 Å². The van der Waals surface area contributed by atoms with Gasteiger partial charge in [-0.05, 0) is 30.3 Å². The van der Waals surface area contributed by atoms with Gasteiger partial charge in [-0.25, -0.2) is 4.98 Å². The molecule has 78 valence electrons. The van der Waals surface area contributed by atoms with E-state index in [0.29, 0.717) is 22.2 Å². The van der Waals surface area contributed by atoms with E-state index in [2.05, 4.69) is 4.98 Å². The van der Waals surface area contributed by atoms with Gasteiger partial charge in [0, 0.05) is 5.02 Å². The normalized spacial score (nSPS) is 9.50. The van der Waals surface area contributed by atoms with Gasteiger partial charge in [-0.1, -0.05) is 17.7 Å². The van der Waals surface area contributed by atoms with E-state index in [1.165, 1.54) is 6.20 Å². The molecular formula is C12H7ClN2O. The second kappa shape index (κ2) is 4.65. The van der Waals surface area contributed by atoms with E-state index in [0.717, 1.165) is 0 Å². The predicted molar refractivity (Wildman–Crippen MR) is 60.5 cm³/mol. The van der Waals surface area contributed by atoms with Gasteiger partial charge in [0.2, 0.25) is 0 Å². The molecule has 1 aromatic heterocycles. The van der Waals surface area contributed by atoms with Crippen LogP contribution in [0.25, 0.3) is 0 Å². The summed E-state index contributed by atoms with van der Waals surface area (Å²) in [4.78, 5) is 3.90. The molecule has 1 aromatic carbocycles. The first-order chi connectivity index (χ1) is 7.78. The Hall–Kier alpha value is -2.05. The molecule has 0 aliphatic carbocycles. The second-order valence-electron chi connectivity index (χ2n) is 3.05. The summed E-state index contributed by atoms with van der Waals surface area (Å²) < 4.78 is 5.50. The van der Waals surface area contributed by atoms with E-state index in [4.69, 9.17) is 21.6 Å². The third kappa shape index (κ3) is 2.50. The lowest BCUT2D eigenvalue weighted by Crippen LogP contribution is -1.86. The minimum atomic E-state index is 0.360. The zero-order valence-corrected chi connectivity index (χ0v) is 8.98. The highest BCUT2D eigenvalue weighted by atomic mass is 35.5. The molecule has 0 fully saturated rings. The molecule has 0 saturated carbocycles. The lowest BCUT2D eigenvalue weighted by Gasteiger charge is -2.04. The second-order valence-corrected chi connectivity index (χ2v) is 3.49. The Morgan fingerprint density at radius 3 is 2.69 bits per heavy atom. The Kier molecular flexibility index (Phi) is 3.04. The largest absolute Gasteiger partial charge is 0.456 e. The molecule has 2 rings (SSSR count). The van der Waals surface area contributed by atoms with E-state index in [-0.39, 0.29) is 0 Å². The van der Waals surface area contributed by atoms with Gasteiger partial charge in [-0.2, -0.15) is 5.26 Å². The van der Waals surface area contributed by atoms with E-state index in [9.17, 15) is 0 Å². The lowest BCUT2D eigenvalue weighted by molar-refractivity contribution is 0.480. The zero-order chi connectivity index (χ0) is 11.4. The van der Waals surface area contributed by atoms with E-state index < -0.39 is 0 Å². The Morgan fingerprint density at radius 2 is 2.06 bits per heavy atom.